The summed E-state index contributed by atoms with van der Waals surface area (Å²) < 4.78 is 21.3. The normalized spacial score (nSPS) is 30.6. The van der Waals surface area contributed by atoms with E-state index in [0.29, 0.717) is 28.2 Å². The third-order valence-corrected chi connectivity index (χ3v) is 6.11. The zero-order valence-electron chi connectivity index (χ0n) is 15.7. The van der Waals surface area contributed by atoms with Gasteiger partial charge in [-0.1, -0.05) is 0 Å². The van der Waals surface area contributed by atoms with Crippen LogP contribution in [0.3, 0.4) is 0 Å². The highest BCUT2D eigenvalue weighted by Crippen LogP contribution is 2.63. The minimum Gasteiger partial charge on any atom is -0.497 e. The Morgan fingerprint density at radius 2 is 1.81 bits per heavy atom. The van der Waals surface area contributed by atoms with Gasteiger partial charge in [0.1, 0.15) is 11.5 Å². The van der Waals surface area contributed by atoms with E-state index in [-0.39, 0.29) is 5.78 Å². The fourth-order valence-electron chi connectivity index (χ4n) is 5.02. The molecule has 1 aromatic rings. The van der Waals surface area contributed by atoms with Gasteiger partial charge in [-0.05, 0) is 42.7 Å². The van der Waals surface area contributed by atoms with Crippen LogP contribution in [0.5, 0.6) is 5.75 Å². The van der Waals surface area contributed by atoms with Gasteiger partial charge >= 0.3 is 11.9 Å². The SMILES string of the molecule is COC(=O)[C@@]12C(=O)O[C@@H](C(OC)=C1C)[C@H]1C(=O)c3c(C)cc(OC)cc3[C@H]12. The van der Waals surface area contributed by atoms with E-state index in [0.717, 1.165) is 5.56 Å². The third-order valence-electron chi connectivity index (χ3n) is 6.11. The molecule has 0 aromatic heterocycles. The Labute approximate surface area is 156 Å². The number of ether oxygens (including phenoxy) is 4. The highest BCUT2D eigenvalue weighted by molar-refractivity contribution is 6.13. The van der Waals surface area contributed by atoms with Gasteiger partial charge in [0.25, 0.3) is 0 Å². The molecule has 0 unspecified atom stereocenters. The van der Waals surface area contributed by atoms with E-state index in [1.807, 2.05) is 6.92 Å². The summed E-state index contributed by atoms with van der Waals surface area (Å²) >= 11 is 0. The van der Waals surface area contributed by atoms with Crippen LogP contribution < -0.4 is 4.74 Å². The highest BCUT2D eigenvalue weighted by Gasteiger charge is 2.73. The van der Waals surface area contributed by atoms with Gasteiger partial charge < -0.3 is 18.9 Å². The van der Waals surface area contributed by atoms with E-state index < -0.39 is 35.3 Å². The summed E-state index contributed by atoms with van der Waals surface area (Å²) in [5.74, 6) is -2.18. The van der Waals surface area contributed by atoms with Crippen LogP contribution in [0, 0.1) is 18.3 Å². The average Bonchev–Trinajstić information content (AvgIpc) is 2.95. The molecule has 0 spiro atoms. The van der Waals surface area contributed by atoms with Crippen molar-refractivity contribution < 1.29 is 33.3 Å². The van der Waals surface area contributed by atoms with Crippen LogP contribution >= 0.6 is 0 Å². The van der Waals surface area contributed by atoms with Gasteiger partial charge in [0.15, 0.2) is 17.3 Å². The number of fused-ring (bicyclic) bond motifs is 2. The Morgan fingerprint density at radius 1 is 1.11 bits per heavy atom. The van der Waals surface area contributed by atoms with Gasteiger partial charge in [-0.2, -0.15) is 0 Å². The van der Waals surface area contributed by atoms with E-state index in [4.69, 9.17) is 18.9 Å². The topological polar surface area (TPSA) is 88.1 Å². The number of hydrogen-bond donors (Lipinski definition) is 0. The monoisotopic (exact) mass is 372 g/mol. The predicted octanol–water partition coefficient (Wildman–Crippen LogP) is 1.92. The molecule has 1 saturated heterocycles. The Morgan fingerprint density at radius 3 is 2.41 bits per heavy atom. The van der Waals surface area contributed by atoms with E-state index in [1.165, 1.54) is 21.3 Å². The molecule has 0 saturated carbocycles. The van der Waals surface area contributed by atoms with Crippen molar-refractivity contribution in [2.45, 2.75) is 25.9 Å². The van der Waals surface area contributed by atoms with Crippen LogP contribution in [0.1, 0.15) is 34.3 Å². The number of rotatable bonds is 3. The molecule has 2 bridgehead atoms. The van der Waals surface area contributed by atoms with Gasteiger partial charge in [0.2, 0.25) is 0 Å². The van der Waals surface area contributed by atoms with Crippen molar-refractivity contribution in [3.05, 3.63) is 40.2 Å². The molecule has 0 N–H and O–H groups in total. The maximum Gasteiger partial charge on any atom is 0.329 e. The van der Waals surface area contributed by atoms with Gasteiger partial charge in [-0.15, -0.1) is 0 Å². The molecule has 142 valence electrons. The van der Waals surface area contributed by atoms with Crippen molar-refractivity contribution in [2.75, 3.05) is 21.3 Å². The maximum absolute atomic E-state index is 13.3. The van der Waals surface area contributed by atoms with Crippen molar-refractivity contribution >= 4 is 17.7 Å². The number of carbonyl (C=O) groups excluding carboxylic acids is 3. The van der Waals surface area contributed by atoms with Gasteiger partial charge in [0, 0.05) is 11.5 Å². The molecule has 2 aliphatic carbocycles. The Balaban J connectivity index is 2.08. The third kappa shape index (κ3) is 1.84. The van der Waals surface area contributed by atoms with Crippen LogP contribution in [0.25, 0.3) is 0 Å². The molecule has 27 heavy (non-hydrogen) atoms. The second kappa shape index (κ2) is 5.58. The summed E-state index contributed by atoms with van der Waals surface area (Å²) in [4.78, 5) is 39.3. The van der Waals surface area contributed by atoms with Crippen LogP contribution in [-0.2, 0) is 23.8 Å². The lowest BCUT2D eigenvalue weighted by Gasteiger charge is -2.50. The lowest BCUT2D eigenvalue weighted by molar-refractivity contribution is -0.189. The van der Waals surface area contributed by atoms with E-state index in [9.17, 15) is 14.4 Å². The average molecular weight is 372 g/mol. The molecule has 0 radical (unpaired) electrons. The molecule has 4 atom stereocenters. The number of ketones is 1. The molecule has 1 aromatic carbocycles. The molecule has 2 heterocycles. The standard InChI is InChI=1S/C20H20O7/c1-8-6-10(24-3)7-11-12(8)15(21)13-14(11)20(18(22)26-5)9(2)16(25-4)17(13)27-19(20)23/h6-7,13-14,17H,1-5H3/t13-,14-,17-,20-/m1/s1. The van der Waals surface area contributed by atoms with Crippen molar-refractivity contribution in [1.82, 2.24) is 0 Å². The number of benzene rings is 1. The Hall–Kier alpha value is -2.83. The number of esters is 2. The number of aryl methyl sites for hydroxylation is 1. The minimum atomic E-state index is -1.75. The summed E-state index contributed by atoms with van der Waals surface area (Å²) in [5, 5.41) is 0. The smallest absolute Gasteiger partial charge is 0.329 e. The van der Waals surface area contributed by atoms with Crippen molar-refractivity contribution in [3.8, 4) is 5.75 Å². The van der Waals surface area contributed by atoms with Crippen LogP contribution in [0.2, 0.25) is 0 Å². The Kier molecular flexibility index (Phi) is 3.63. The first-order chi connectivity index (χ1) is 12.8. The molecular weight excluding hydrogens is 352 g/mol. The fraction of sp³-hybridized carbons (Fsp3) is 0.450. The molecule has 4 aliphatic rings. The number of carbonyl (C=O) groups is 3. The van der Waals surface area contributed by atoms with Crippen LogP contribution in [-0.4, -0.2) is 45.2 Å². The summed E-state index contributed by atoms with van der Waals surface area (Å²) in [5.41, 5.74) is 0.530. The molecule has 7 nitrogen and oxygen atoms in total. The fourth-order valence-corrected chi connectivity index (χ4v) is 5.02. The lowest BCUT2D eigenvalue weighted by atomic mass is 9.57. The van der Waals surface area contributed by atoms with E-state index >= 15 is 0 Å². The summed E-state index contributed by atoms with van der Waals surface area (Å²) in [6.45, 7) is 3.47. The van der Waals surface area contributed by atoms with Gasteiger partial charge in [0.05, 0.1) is 27.2 Å². The minimum absolute atomic E-state index is 0.164. The molecule has 1 fully saturated rings. The quantitative estimate of drug-likeness (QED) is 0.592. The second-order valence-electron chi connectivity index (χ2n) is 7.10. The van der Waals surface area contributed by atoms with Crippen molar-refractivity contribution in [2.24, 2.45) is 11.3 Å². The van der Waals surface area contributed by atoms with Crippen LogP contribution in [0.4, 0.5) is 0 Å². The predicted molar refractivity (Wildman–Crippen MR) is 92.3 cm³/mol. The summed E-state index contributed by atoms with van der Waals surface area (Å²) in [6.07, 6.45) is -0.857. The van der Waals surface area contributed by atoms with Crippen molar-refractivity contribution in [3.63, 3.8) is 0 Å². The molecule has 5 rings (SSSR count). The first kappa shape index (κ1) is 17.6. The molecular formula is C20H20O7. The lowest BCUT2D eigenvalue weighted by Crippen LogP contribution is -2.61. The first-order valence-electron chi connectivity index (χ1n) is 8.62. The number of hydrogen-bond acceptors (Lipinski definition) is 7. The van der Waals surface area contributed by atoms with E-state index in [1.54, 1.807) is 19.1 Å². The Bertz CT molecular complexity index is 929. The largest absolute Gasteiger partial charge is 0.497 e. The van der Waals surface area contributed by atoms with Gasteiger partial charge in [-0.25, -0.2) is 0 Å². The zero-order valence-corrected chi connectivity index (χ0v) is 15.7. The van der Waals surface area contributed by atoms with Gasteiger partial charge in [-0.3, -0.25) is 14.4 Å². The second-order valence-corrected chi connectivity index (χ2v) is 7.10. The summed E-state index contributed by atoms with van der Waals surface area (Å²) in [6, 6.07) is 3.49. The first-order valence-corrected chi connectivity index (χ1v) is 8.62. The summed E-state index contributed by atoms with van der Waals surface area (Å²) in [7, 11) is 4.18. The highest BCUT2D eigenvalue weighted by atomic mass is 16.6. The number of methoxy groups -OCH3 is 3. The maximum atomic E-state index is 13.3. The zero-order chi connectivity index (χ0) is 19.7. The van der Waals surface area contributed by atoms with Crippen molar-refractivity contribution in [1.29, 1.82) is 0 Å². The molecule has 0 amide bonds. The number of Topliss-reactive ketones (excluding diaryl/α,β-unsaturated/α-hetero) is 1. The molecule has 7 heteroatoms. The van der Waals surface area contributed by atoms with Crippen LogP contribution in [0.15, 0.2) is 23.5 Å². The molecule has 2 aliphatic heterocycles. The van der Waals surface area contributed by atoms with E-state index in [2.05, 4.69) is 0 Å².